The van der Waals surface area contributed by atoms with E-state index in [9.17, 15) is 0 Å². The molecule has 2 fully saturated rings. The molecule has 3 aliphatic rings. The molecule has 0 radical (unpaired) electrons. The van der Waals surface area contributed by atoms with Gasteiger partial charge in [0.2, 0.25) is 5.79 Å². The molecule has 54 valence electrons. The van der Waals surface area contributed by atoms with Crippen LogP contribution in [0.5, 0.6) is 0 Å². The summed E-state index contributed by atoms with van der Waals surface area (Å²) in [6.07, 6.45) is 5.36. The summed E-state index contributed by atoms with van der Waals surface area (Å²) in [6, 6.07) is 0. The van der Waals surface area contributed by atoms with Crippen molar-refractivity contribution in [2.75, 3.05) is 6.54 Å². The summed E-state index contributed by atoms with van der Waals surface area (Å²) in [5.41, 5.74) is 0.200. The molecule has 0 aromatic rings. The summed E-state index contributed by atoms with van der Waals surface area (Å²) in [6.45, 7) is 0.863. The molecular weight excluding hydrogens is 130 g/mol. The molecule has 0 aromatic carbocycles. The molecule has 1 saturated heterocycles. The molecule has 2 aliphatic heterocycles. The van der Waals surface area contributed by atoms with Crippen molar-refractivity contribution in [2.45, 2.75) is 25.0 Å². The monoisotopic (exact) mass is 139 g/mol. The number of fused-ring (bicyclic) bond motifs is 1. The van der Waals surface area contributed by atoms with Crippen LogP contribution >= 0.6 is 0 Å². The highest BCUT2D eigenvalue weighted by molar-refractivity contribution is 5.72. The average Bonchev–Trinajstić information content (AvgIpc) is 2.72. The van der Waals surface area contributed by atoms with Crippen LogP contribution in [0.2, 0.25) is 0 Å². The second-order valence-electron chi connectivity index (χ2n) is 3.36. The van der Waals surface area contributed by atoms with Gasteiger partial charge in [-0.1, -0.05) is 0 Å². The Hall–Kier alpha value is -0.410. The minimum atomic E-state index is -0.214. The van der Waals surface area contributed by atoms with Gasteiger partial charge in [0.25, 0.3) is 0 Å². The van der Waals surface area contributed by atoms with E-state index < -0.39 is 0 Å². The Morgan fingerprint density at radius 1 is 1.20 bits per heavy atom. The van der Waals surface area contributed by atoms with Crippen LogP contribution in [-0.4, -0.2) is 18.5 Å². The first-order valence-electron chi connectivity index (χ1n) is 3.75. The highest BCUT2D eigenvalue weighted by atomic mass is 17.4. The van der Waals surface area contributed by atoms with E-state index in [1.165, 1.54) is 12.8 Å². The zero-order valence-electron chi connectivity index (χ0n) is 5.67. The van der Waals surface area contributed by atoms with Gasteiger partial charge in [-0.15, -0.1) is 0 Å². The zero-order chi connectivity index (χ0) is 6.66. The minimum absolute atomic E-state index is 0.200. The predicted octanol–water partition coefficient (Wildman–Crippen LogP) is 0.899. The quantitative estimate of drug-likeness (QED) is 0.369. The molecule has 0 unspecified atom stereocenters. The smallest absolute Gasteiger partial charge is 0.246 e. The highest BCUT2D eigenvalue weighted by Crippen LogP contribution is 2.63. The van der Waals surface area contributed by atoms with E-state index in [1.807, 2.05) is 6.21 Å². The van der Waals surface area contributed by atoms with Crippen LogP contribution in [0.15, 0.2) is 4.99 Å². The molecule has 0 amide bonds. The summed E-state index contributed by atoms with van der Waals surface area (Å²) in [4.78, 5) is 14.3. The number of hydrogen-bond donors (Lipinski definition) is 0. The van der Waals surface area contributed by atoms with Crippen LogP contribution in [0.1, 0.15) is 19.3 Å². The van der Waals surface area contributed by atoms with Gasteiger partial charge in [-0.25, -0.2) is 0 Å². The second kappa shape index (κ2) is 1.29. The van der Waals surface area contributed by atoms with Crippen LogP contribution in [0.25, 0.3) is 0 Å². The van der Waals surface area contributed by atoms with E-state index in [-0.39, 0.29) is 11.2 Å². The average molecular weight is 139 g/mol. The van der Waals surface area contributed by atoms with Crippen molar-refractivity contribution in [3.05, 3.63) is 0 Å². The largest absolute Gasteiger partial charge is 0.297 e. The van der Waals surface area contributed by atoms with Crippen molar-refractivity contribution in [1.29, 1.82) is 0 Å². The third-order valence-corrected chi connectivity index (χ3v) is 2.74. The fraction of sp³-hybridized carbons (Fsp3) is 0.857. The van der Waals surface area contributed by atoms with Gasteiger partial charge < -0.3 is 0 Å². The van der Waals surface area contributed by atoms with E-state index >= 15 is 0 Å². The van der Waals surface area contributed by atoms with Crippen LogP contribution in [0, 0.1) is 5.41 Å². The lowest BCUT2D eigenvalue weighted by Gasteiger charge is -2.17. The lowest BCUT2D eigenvalue weighted by molar-refractivity contribution is 0.0850. The Bertz CT molecular complexity index is 204. The summed E-state index contributed by atoms with van der Waals surface area (Å²) in [5.74, 6) is -0.214. The van der Waals surface area contributed by atoms with Gasteiger partial charge in [-0.2, -0.15) is 9.78 Å². The van der Waals surface area contributed by atoms with E-state index in [0.29, 0.717) is 0 Å². The number of aliphatic imine (C=N–C) groups is 1. The van der Waals surface area contributed by atoms with Gasteiger partial charge in [-0.3, -0.25) is 4.99 Å². The Morgan fingerprint density at radius 3 is 2.50 bits per heavy atom. The molecule has 3 nitrogen and oxygen atoms in total. The van der Waals surface area contributed by atoms with Gasteiger partial charge in [0, 0.05) is 19.2 Å². The van der Waals surface area contributed by atoms with Gasteiger partial charge in [0.1, 0.15) is 0 Å². The molecular formula is C7H9NO2. The van der Waals surface area contributed by atoms with E-state index in [4.69, 9.17) is 9.78 Å². The molecule has 1 saturated carbocycles. The Labute approximate surface area is 59.0 Å². The highest BCUT2D eigenvalue weighted by Gasteiger charge is 2.71. The second-order valence-corrected chi connectivity index (χ2v) is 3.36. The Kier molecular flexibility index (Phi) is 0.679. The third-order valence-electron chi connectivity index (χ3n) is 2.74. The molecule has 0 bridgehead atoms. The fourth-order valence-electron chi connectivity index (χ4n) is 1.74. The van der Waals surface area contributed by atoms with Crippen LogP contribution in [-0.2, 0) is 9.78 Å². The molecule has 0 aromatic heterocycles. The summed E-state index contributed by atoms with van der Waals surface area (Å²) in [7, 11) is 0. The summed E-state index contributed by atoms with van der Waals surface area (Å²) in [5, 5.41) is 0. The van der Waals surface area contributed by atoms with Gasteiger partial charge in [0.05, 0.1) is 5.41 Å². The number of hydrogen-bond acceptors (Lipinski definition) is 3. The lowest BCUT2D eigenvalue weighted by Crippen LogP contribution is -2.31. The Balaban J connectivity index is 2.02. The van der Waals surface area contributed by atoms with Crippen LogP contribution in [0.4, 0.5) is 0 Å². The van der Waals surface area contributed by atoms with E-state index in [2.05, 4.69) is 4.99 Å². The van der Waals surface area contributed by atoms with Gasteiger partial charge in [-0.05, 0) is 12.8 Å². The van der Waals surface area contributed by atoms with Gasteiger partial charge >= 0.3 is 0 Å². The SMILES string of the molecule is C1=NCCC2(OO2)C12CC2. The first kappa shape index (κ1) is 5.27. The first-order valence-corrected chi connectivity index (χ1v) is 3.75. The van der Waals surface area contributed by atoms with E-state index in [0.717, 1.165) is 13.0 Å². The normalized spacial score (nSPS) is 36.8. The summed E-state index contributed by atoms with van der Waals surface area (Å²) < 4.78 is 0. The zero-order valence-corrected chi connectivity index (χ0v) is 5.67. The Morgan fingerprint density at radius 2 is 2.00 bits per heavy atom. The molecule has 3 heteroatoms. The molecule has 0 N–H and O–H groups in total. The first-order chi connectivity index (χ1) is 4.87. The van der Waals surface area contributed by atoms with Crippen molar-refractivity contribution in [3.8, 4) is 0 Å². The molecule has 2 heterocycles. The maximum atomic E-state index is 5.02. The van der Waals surface area contributed by atoms with Crippen molar-refractivity contribution in [2.24, 2.45) is 10.4 Å². The van der Waals surface area contributed by atoms with Crippen molar-refractivity contribution in [1.82, 2.24) is 0 Å². The lowest BCUT2D eigenvalue weighted by atomic mass is 9.93. The van der Waals surface area contributed by atoms with Crippen molar-refractivity contribution >= 4 is 6.21 Å². The number of nitrogens with zero attached hydrogens (tertiary/aromatic N) is 1. The predicted molar refractivity (Wildman–Crippen MR) is 34.5 cm³/mol. The van der Waals surface area contributed by atoms with Crippen LogP contribution in [0.3, 0.4) is 0 Å². The standard InChI is InChI=1S/C7H9NO2/c1-2-6(1)5-8-4-3-7(6)9-10-7/h5H,1-4H2. The third kappa shape index (κ3) is 0.433. The maximum Gasteiger partial charge on any atom is 0.246 e. The summed E-state index contributed by atoms with van der Waals surface area (Å²) >= 11 is 0. The molecule has 3 rings (SSSR count). The minimum Gasteiger partial charge on any atom is -0.297 e. The van der Waals surface area contributed by atoms with Crippen molar-refractivity contribution in [3.63, 3.8) is 0 Å². The topological polar surface area (TPSA) is 37.4 Å². The van der Waals surface area contributed by atoms with Crippen LogP contribution < -0.4 is 0 Å². The molecule has 2 spiro atoms. The van der Waals surface area contributed by atoms with Gasteiger partial charge in [0.15, 0.2) is 0 Å². The van der Waals surface area contributed by atoms with Crippen molar-refractivity contribution < 1.29 is 9.78 Å². The number of rotatable bonds is 0. The molecule has 10 heavy (non-hydrogen) atoms. The maximum absolute atomic E-state index is 5.02. The fourth-order valence-corrected chi connectivity index (χ4v) is 1.74. The van der Waals surface area contributed by atoms with E-state index in [1.54, 1.807) is 0 Å². The molecule has 1 aliphatic carbocycles. The molecule has 0 atom stereocenters.